The van der Waals surface area contributed by atoms with E-state index in [2.05, 4.69) is 32.1 Å². The maximum Gasteiger partial charge on any atom is 0.164 e. The first-order valence-corrected chi connectivity index (χ1v) is 13.2. The van der Waals surface area contributed by atoms with E-state index in [1.54, 1.807) is 35.4 Å². The number of hydrogen-bond donors (Lipinski definition) is 1. The predicted molar refractivity (Wildman–Crippen MR) is 149 cm³/mol. The lowest BCUT2D eigenvalue weighted by Crippen LogP contribution is -2.44. The minimum Gasteiger partial charge on any atom is -0.363 e. The van der Waals surface area contributed by atoms with Crippen molar-refractivity contribution < 1.29 is 8.78 Å². The highest BCUT2D eigenvalue weighted by Gasteiger charge is 2.42. The van der Waals surface area contributed by atoms with Crippen molar-refractivity contribution in [2.24, 2.45) is 0 Å². The number of anilines is 1. The summed E-state index contributed by atoms with van der Waals surface area (Å²) >= 11 is 0. The SMILES string of the molecule is CN1C[C@@H]2C[C@@H]1CN2c1cc(F)c(-c2ccnc3c(-c4cccc5[nH]ncc45)c(-c4ccncc4)nn23)cc1F. The number of likely N-dealkylation sites (N-methyl/N-ethyl adjacent to an activating group) is 1. The van der Waals surface area contributed by atoms with Gasteiger partial charge in [-0.2, -0.15) is 10.2 Å². The van der Waals surface area contributed by atoms with Gasteiger partial charge in [0.05, 0.1) is 28.7 Å². The monoisotopic (exact) mass is 534 g/mol. The van der Waals surface area contributed by atoms with Gasteiger partial charge in [-0.25, -0.2) is 18.3 Å². The van der Waals surface area contributed by atoms with Crippen molar-refractivity contribution in [3.63, 3.8) is 0 Å². The molecule has 0 aliphatic carbocycles. The van der Waals surface area contributed by atoms with Crippen molar-refractivity contribution >= 4 is 22.2 Å². The minimum absolute atomic E-state index is 0.131. The third-order valence-electron chi connectivity index (χ3n) is 8.36. The standard InChI is InChI=1S/C30H24F2N8/c1-38-15-19-11-18(38)16-39(19)27-13-23(31)21(12-24(27)32)26-7-10-34-30-28(20-3-2-4-25-22(20)14-35-36-25)29(37-40(26)30)17-5-8-33-9-6-17/h2-10,12-14,18-19H,11,15-16H2,1H3,(H,35,36)/t18-,19+/m1/s1. The lowest BCUT2D eigenvalue weighted by atomic mass is 9.99. The number of aromatic amines is 1. The van der Waals surface area contributed by atoms with Crippen molar-refractivity contribution in [2.75, 3.05) is 25.0 Å². The quantitative estimate of drug-likeness (QED) is 0.336. The lowest BCUT2D eigenvalue weighted by Gasteiger charge is -2.34. The van der Waals surface area contributed by atoms with Crippen molar-refractivity contribution in [1.82, 2.24) is 34.7 Å². The van der Waals surface area contributed by atoms with Crippen LogP contribution < -0.4 is 4.90 Å². The maximum absolute atomic E-state index is 15.9. The Morgan fingerprint density at radius 1 is 0.925 bits per heavy atom. The normalized spacial score (nSPS) is 18.9. The van der Waals surface area contributed by atoms with Gasteiger partial charge in [0.15, 0.2) is 5.65 Å². The third-order valence-corrected chi connectivity index (χ3v) is 8.36. The van der Waals surface area contributed by atoms with Gasteiger partial charge in [-0.15, -0.1) is 0 Å². The number of benzene rings is 2. The number of likely N-dealkylation sites (tertiary alicyclic amines) is 1. The largest absolute Gasteiger partial charge is 0.363 e. The van der Waals surface area contributed by atoms with Gasteiger partial charge in [-0.05, 0) is 49.4 Å². The van der Waals surface area contributed by atoms with Gasteiger partial charge < -0.3 is 4.90 Å². The van der Waals surface area contributed by atoms with Crippen LogP contribution in [0.25, 0.3) is 50.2 Å². The van der Waals surface area contributed by atoms with Crippen molar-refractivity contribution in [3.8, 4) is 33.6 Å². The van der Waals surface area contributed by atoms with Crippen LogP contribution in [0.1, 0.15) is 6.42 Å². The highest BCUT2D eigenvalue weighted by atomic mass is 19.1. The first-order valence-electron chi connectivity index (χ1n) is 13.2. The molecule has 198 valence electrons. The van der Waals surface area contributed by atoms with E-state index in [4.69, 9.17) is 5.10 Å². The number of hydrogen-bond acceptors (Lipinski definition) is 6. The zero-order chi connectivity index (χ0) is 27.0. The molecule has 8 rings (SSSR count). The fourth-order valence-electron chi connectivity index (χ4n) is 6.41. The molecule has 10 heteroatoms. The molecule has 8 nitrogen and oxygen atoms in total. The van der Waals surface area contributed by atoms with E-state index in [9.17, 15) is 0 Å². The summed E-state index contributed by atoms with van der Waals surface area (Å²) in [6.07, 6.45) is 7.76. The van der Waals surface area contributed by atoms with Gasteiger partial charge >= 0.3 is 0 Å². The van der Waals surface area contributed by atoms with Gasteiger partial charge in [0, 0.05) is 66.3 Å². The summed E-state index contributed by atoms with van der Waals surface area (Å²) in [6, 6.07) is 14.5. The summed E-state index contributed by atoms with van der Waals surface area (Å²) in [7, 11) is 2.09. The number of pyridine rings is 1. The Morgan fingerprint density at radius 3 is 2.60 bits per heavy atom. The molecule has 2 aliphatic rings. The van der Waals surface area contributed by atoms with Crippen molar-refractivity contribution in [2.45, 2.75) is 18.5 Å². The number of nitrogens with one attached hydrogen (secondary N) is 1. The Labute approximate surface area is 227 Å². The van der Waals surface area contributed by atoms with E-state index in [1.807, 2.05) is 35.2 Å². The maximum atomic E-state index is 15.9. The summed E-state index contributed by atoms with van der Waals surface area (Å²) in [6.45, 7) is 1.56. The van der Waals surface area contributed by atoms with Gasteiger partial charge in [-0.3, -0.25) is 15.0 Å². The molecule has 0 saturated carbocycles. The fraction of sp³-hybridized carbons (Fsp3) is 0.200. The van der Waals surface area contributed by atoms with Crippen LogP contribution in [-0.2, 0) is 0 Å². The molecule has 4 aromatic heterocycles. The molecule has 2 saturated heterocycles. The van der Waals surface area contributed by atoms with Crippen LogP contribution in [0.4, 0.5) is 14.5 Å². The predicted octanol–water partition coefficient (Wildman–Crippen LogP) is 5.17. The molecule has 2 aromatic carbocycles. The van der Waals surface area contributed by atoms with E-state index in [0.29, 0.717) is 35.3 Å². The highest BCUT2D eigenvalue weighted by Crippen LogP contribution is 2.41. The molecule has 1 N–H and O–H groups in total. The molecule has 40 heavy (non-hydrogen) atoms. The second kappa shape index (κ2) is 8.65. The van der Waals surface area contributed by atoms with Crippen LogP contribution in [0.3, 0.4) is 0 Å². The van der Waals surface area contributed by atoms with Crippen molar-refractivity contribution in [3.05, 3.63) is 85.0 Å². The van der Waals surface area contributed by atoms with Crippen LogP contribution in [-0.4, -0.2) is 66.9 Å². The summed E-state index contributed by atoms with van der Waals surface area (Å²) in [5.41, 5.74) is 5.41. The Bertz CT molecular complexity index is 1910. The molecule has 2 atom stereocenters. The Morgan fingerprint density at radius 2 is 1.80 bits per heavy atom. The van der Waals surface area contributed by atoms with Crippen LogP contribution >= 0.6 is 0 Å². The van der Waals surface area contributed by atoms with E-state index in [0.717, 1.165) is 40.6 Å². The molecule has 0 radical (unpaired) electrons. The summed E-state index contributed by atoms with van der Waals surface area (Å²) in [5, 5.41) is 13.1. The number of nitrogens with zero attached hydrogens (tertiary/aromatic N) is 7. The molecule has 0 amide bonds. The second-order valence-electron chi connectivity index (χ2n) is 10.6. The third kappa shape index (κ3) is 3.39. The fourth-order valence-corrected chi connectivity index (χ4v) is 6.41. The van der Waals surface area contributed by atoms with E-state index >= 15 is 8.78 Å². The Kier molecular flexibility index (Phi) is 5.02. The highest BCUT2D eigenvalue weighted by molar-refractivity contribution is 6.02. The molecule has 6 heterocycles. The summed E-state index contributed by atoms with van der Waals surface area (Å²) < 4.78 is 33.1. The van der Waals surface area contributed by atoms with Gasteiger partial charge in [0.25, 0.3) is 0 Å². The van der Waals surface area contributed by atoms with Crippen LogP contribution in [0.2, 0.25) is 0 Å². The Hall–Kier alpha value is -4.70. The van der Waals surface area contributed by atoms with Crippen LogP contribution in [0, 0.1) is 11.6 Å². The molecule has 0 spiro atoms. The smallest absolute Gasteiger partial charge is 0.164 e. The topological polar surface area (TPSA) is 78.2 Å². The van der Waals surface area contributed by atoms with E-state index in [1.165, 1.54) is 12.1 Å². The number of piperazine rings is 1. The summed E-state index contributed by atoms with van der Waals surface area (Å²) in [4.78, 5) is 13.1. The molecule has 6 aromatic rings. The zero-order valence-corrected chi connectivity index (χ0v) is 21.6. The lowest BCUT2D eigenvalue weighted by molar-refractivity contribution is 0.292. The first kappa shape index (κ1) is 23.2. The Balaban J connectivity index is 1.32. The molecular formula is C30H24F2N8. The zero-order valence-electron chi connectivity index (χ0n) is 21.6. The second-order valence-corrected chi connectivity index (χ2v) is 10.6. The molecular weight excluding hydrogens is 510 g/mol. The molecule has 0 unspecified atom stereocenters. The molecule has 2 aliphatic heterocycles. The van der Waals surface area contributed by atoms with Crippen LogP contribution in [0.5, 0.6) is 0 Å². The van der Waals surface area contributed by atoms with E-state index < -0.39 is 11.6 Å². The average Bonchev–Trinajstić information content (AvgIpc) is 3.76. The number of rotatable bonds is 4. The molecule has 2 fully saturated rings. The van der Waals surface area contributed by atoms with Crippen molar-refractivity contribution in [1.29, 1.82) is 0 Å². The van der Waals surface area contributed by atoms with E-state index in [-0.39, 0.29) is 11.6 Å². The van der Waals surface area contributed by atoms with Gasteiger partial charge in [-0.1, -0.05) is 12.1 Å². The summed E-state index contributed by atoms with van der Waals surface area (Å²) in [5.74, 6) is -0.944. The van der Waals surface area contributed by atoms with Gasteiger partial charge in [0.2, 0.25) is 0 Å². The van der Waals surface area contributed by atoms with Crippen LogP contribution in [0.15, 0.2) is 73.3 Å². The molecule has 2 bridgehead atoms. The van der Waals surface area contributed by atoms with Gasteiger partial charge in [0.1, 0.15) is 17.3 Å². The average molecular weight is 535 g/mol. The minimum atomic E-state index is -0.500. The number of fused-ring (bicyclic) bond motifs is 4. The number of halogens is 2. The number of H-pyrrole nitrogens is 1. The number of aromatic nitrogens is 6. The first-order chi connectivity index (χ1) is 19.6.